The lowest BCUT2D eigenvalue weighted by atomic mass is 9.97. The zero-order valence-electron chi connectivity index (χ0n) is 17.4. The lowest BCUT2D eigenvalue weighted by Gasteiger charge is -2.25. The second-order valence-corrected chi connectivity index (χ2v) is 7.33. The van der Waals surface area contributed by atoms with Crippen molar-refractivity contribution in [2.45, 2.75) is 65.1 Å². The highest BCUT2D eigenvalue weighted by Crippen LogP contribution is 2.09. The lowest BCUT2D eigenvalue weighted by molar-refractivity contribution is -0.143. The van der Waals surface area contributed by atoms with E-state index in [1.807, 2.05) is 6.92 Å². The second kappa shape index (κ2) is 12.7. The van der Waals surface area contributed by atoms with Crippen LogP contribution in [0.25, 0.3) is 0 Å². The van der Waals surface area contributed by atoms with Crippen molar-refractivity contribution < 1.29 is 29.1 Å². The van der Waals surface area contributed by atoms with Crippen molar-refractivity contribution in [3.8, 4) is 0 Å². The van der Waals surface area contributed by atoms with Crippen molar-refractivity contribution in [1.82, 2.24) is 16.0 Å². The zero-order valence-corrected chi connectivity index (χ0v) is 17.4. The number of carbonyl (C=O) groups is 5. The number of carboxylic acid groups (broad SMARTS) is 1. The molecule has 0 aromatic heterocycles. The molecule has 11 nitrogen and oxygen atoms in total. The molecule has 4 unspecified atom stereocenters. The number of carbonyl (C=O) groups excluding carboxylic acids is 4. The summed E-state index contributed by atoms with van der Waals surface area (Å²) >= 11 is 0. The normalized spacial score (nSPS) is 15.0. The number of carboxylic acids is 1. The number of nitrogens with two attached hydrogens (primary N) is 2. The molecule has 8 N–H and O–H groups in total. The first-order chi connectivity index (χ1) is 13.4. The number of nitrogens with one attached hydrogen (secondary N) is 3. The Labute approximate surface area is 170 Å². The van der Waals surface area contributed by atoms with Gasteiger partial charge in [-0.3, -0.25) is 19.2 Å². The van der Waals surface area contributed by atoms with Crippen LogP contribution >= 0.6 is 0 Å². The van der Waals surface area contributed by atoms with Crippen molar-refractivity contribution in [2.75, 3.05) is 6.54 Å². The van der Waals surface area contributed by atoms with E-state index < -0.39 is 54.3 Å². The molecule has 0 spiro atoms. The molecule has 4 atom stereocenters. The summed E-state index contributed by atoms with van der Waals surface area (Å²) in [6.07, 6.45) is 0.551. The molecule has 0 fully saturated rings. The van der Waals surface area contributed by atoms with Gasteiger partial charge < -0.3 is 32.5 Å². The summed E-state index contributed by atoms with van der Waals surface area (Å²) < 4.78 is 0. The van der Waals surface area contributed by atoms with Crippen LogP contribution < -0.4 is 27.4 Å². The quantitative estimate of drug-likeness (QED) is 0.209. The standard InChI is InChI=1S/C18H33N5O6/c1-5-10(4)15(23-16(26)11(19)6-7-12(20)24)17(27)21-8-13(25)22-14(9(2)3)18(28)29/h9-11,14-15H,5-8,19H2,1-4H3,(H2,20,24)(H,21,27)(H,22,25)(H,23,26)(H,28,29). The van der Waals surface area contributed by atoms with Crippen molar-refractivity contribution >= 4 is 29.6 Å². The van der Waals surface area contributed by atoms with Gasteiger partial charge in [0.05, 0.1) is 12.6 Å². The van der Waals surface area contributed by atoms with Gasteiger partial charge in [-0.1, -0.05) is 34.1 Å². The summed E-state index contributed by atoms with van der Waals surface area (Å²) in [7, 11) is 0. The molecule has 4 amide bonds. The Morgan fingerprint density at radius 2 is 1.55 bits per heavy atom. The molecule has 166 valence electrons. The Morgan fingerprint density at radius 3 is 2.00 bits per heavy atom. The maximum absolute atomic E-state index is 12.5. The molecule has 0 aliphatic rings. The van der Waals surface area contributed by atoms with Crippen molar-refractivity contribution in [2.24, 2.45) is 23.3 Å². The fraction of sp³-hybridized carbons (Fsp3) is 0.722. The van der Waals surface area contributed by atoms with Crippen LogP contribution in [0.1, 0.15) is 47.0 Å². The van der Waals surface area contributed by atoms with E-state index in [-0.39, 0.29) is 24.7 Å². The van der Waals surface area contributed by atoms with E-state index in [0.29, 0.717) is 6.42 Å². The maximum Gasteiger partial charge on any atom is 0.326 e. The van der Waals surface area contributed by atoms with Gasteiger partial charge in [-0.25, -0.2) is 4.79 Å². The predicted molar refractivity (Wildman–Crippen MR) is 105 cm³/mol. The summed E-state index contributed by atoms with van der Waals surface area (Å²) in [6, 6.07) is -3.03. The molecule has 0 aromatic carbocycles. The van der Waals surface area contributed by atoms with E-state index in [0.717, 1.165) is 0 Å². The van der Waals surface area contributed by atoms with Gasteiger partial charge >= 0.3 is 5.97 Å². The highest BCUT2D eigenvalue weighted by molar-refractivity contribution is 5.92. The van der Waals surface area contributed by atoms with Gasteiger partial charge in [0, 0.05) is 6.42 Å². The molecule has 0 rings (SSSR count). The fourth-order valence-electron chi connectivity index (χ4n) is 2.41. The molecule has 0 aromatic rings. The molecule has 0 saturated carbocycles. The fourth-order valence-corrected chi connectivity index (χ4v) is 2.41. The number of rotatable bonds is 13. The minimum atomic E-state index is -1.17. The third kappa shape index (κ3) is 9.88. The van der Waals surface area contributed by atoms with Gasteiger partial charge in [0.2, 0.25) is 23.6 Å². The molecule has 0 aliphatic carbocycles. The monoisotopic (exact) mass is 415 g/mol. The van der Waals surface area contributed by atoms with Crippen molar-refractivity contribution in [3.05, 3.63) is 0 Å². The van der Waals surface area contributed by atoms with E-state index >= 15 is 0 Å². The van der Waals surface area contributed by atoms with Crippen LogP contribution in [0.4, 0.5) is 0 Å². The maximum atomic E-state index is 12.5. The van der Waals surface area contributed by atoms with Crippen LogP contribution in [0.5, 0.6) is 0 Å². The Kier molecular flexibility index (Phi) is 11.5. The predicted octanol–water partition coefficient (Wildman–Crippen LogP) is -1.55. The molecule has 0 saturated heterocycles. The number of hydrogen-bond acceptors (Lipinski definition) is 6. The van der Waals surface area contributed by atoms with Gasteiger partial charge in [-0.15, -0.1) is 0 Å². The number of amides is 4. The van der Waals surface area contributed by atoms with E-state index in [2.05, 4.69) is 16.0 Å². The second-order valence-electron chi connectivity index (χ2n) is 7.33. The zero-order chi connectivity index (χ0) is 22.7. The first kappa shape index (κ1) is 26.3. The molecule has 0 heterocycles. The van der Waals surface area contributed by atoms with Gasteiger partial charge in [-0.05, 0) is 18.3 Å². The van der Waals surface area contributed by atoms with Crippen LogP contribution in [0.15, 0.2) is 0 Å². The highest BCUT2D eigenvalue weighted by atomic mass is 16.4. The van der Waals surface area contributed by atoms with E-state index in [9.17, 15) is 24.0 Å². The third-order valence-corrected chi connectivity index (χ3v) is 4.50. The molecular formula is C18H33N5O6. The van der Waals surface area contributed by atoms with Crippen LogP contribution in [-0.4, -0.2) is 59.4 Å². The summed E-state index contributed by atoms with van der Waals surface area (Å²) in [5, 5.41) is 16.4. The summed E-state index contributed by atoms with van der Waals surface area (Å²) in [5.74, 6) is -4.21. The van der Waals surface area contributed by atoms with Gasteiger partial charge in [0.25, 0.3) is 0 Å². The van der Waals surface area contributed by atoms with Crippen molar-refractivity contribution in [1.29, 1.82) is 0 Å². The van der Waals surface area contributed by atoms with Crippen LogP contribution in [0.2, 0.25) is 0 Å². The Hall–Kier alpha value is -2.69. The average Bonchev–Trinajstić information content (AvgIpc) is 2.64. The summed E-state index contributed by atoms with van der Waals surface area (Å²) in [6.45, 7) is 6.43. The van der Waals surface area contributed by atoms with Crippen molar-refractivity contribution in [3.63, 3.8) is 0 Å². The van der Waals surface area contributed by atoms with Gasteiger partial charge in [0.15, 0.2) is 0 Å². The molecule has 0 radical (unpaired) electrons. The summed E-state index contributed by atoms with van der Waals surface area (Å²) in [5.41, 5.74) is 10.8. The smallest absolute Gasteiger partial charge is 0.326 e. The third-order valence-electron chi connectivity index (χ3n) is 4.50. The molecule has 11 heteroatoms. The largest absolute Gasteiger partial charge is 0.480 e. The Balaban J connectivity index is 4.88. The molecule has 0 aliphatic heterocycles. The number of aliphatic carboxylic acids is 1. The highest BCUT2D eigenvalue weighted by Gasteiger charge is 2.29. The molecule has 0 bridgehead atoms. The molecule has 29 heavy (non-hydrogen) atoms. The SMILES string of the molecule is CCC(C)C(NC(=O)C(N)CCC(N)=O)C(=O)NCC(=O)NC(C(=O)O)C(C)C. The number of hydrogen-bond donors (Lipinski definition) is 6. The van der Waals surface area contributed by atoms with E-state index in [1.165, 1.54) is 0 Å². The van der Waals surface area contributed by atoms with Gasteiger partial charge in [-0.2, -0.15) is 0 Å². The minimum absolute atomic E-state index is 0.0458. The average molecular weight is 415 g/mol. The molecular weight excluding hydrogens is 382 g/mol. The first-order valence-electron chi connectivity index (χ1n) is 9.54. The number of primary amides is 1. The van der Waals surface area contributed by atoms with E-state index in [4.69, 9.17) is 16.6 Å². The van der Waals surface area contributed by atoms with E-state index in [1.54, 1.807) is 20.8 Å². The van der Waals surface area contributed by atoms with Crippen LogP contribution in [0.3, 0.4) is 0 Å². The van der Waals surface area contributed by atoms with Gasteiger partial charge in [0.1, 0.15) is 12.1 Å². The summed E-state index contributed by atoms with van der Waals surface area (Å²) in [4.78, 5) is 58.6. The lowest BCUT2D eigenvalue weighted by Crippen LogP contribution is -2.56. The van der Waals surface area contributed by atoms with Crippen LogP contribution in [0, 0.1) is 11.8 Å². The van der Waals surface area contributed by atoms with Crippen LogP contribution in [-0.2, 0) is 24.0 Å². The minimum Gasteiger partial charge on any atom is -0.480 e. The Bertz CT molecular complexity index is 610. The Morgan fingerprint density at radius 1 is 0.966 bits per heavy atom. The first-order valence-corrected chi connectivity index (χ1v) is 9.54. The topological polar surface area (TPSA) is 194 Å².